The average Bonchev–Trinajstić information content (AvgIpc) is 3.45. The van der Waals surface area contributed by atoms with Gasteiger partial charge in [0, 0.05) is 33.4 Å². The Bertz CT molecular complexity index is 2370. The Morgan fingerprint density at radius 2 is 1.18 bits per heavy atom. The molecule has 0 amide bonds. The van der Waals surface area contributed by atoms with Gasteiger partial charge in [-0.25, -0.2) is 0 Å². The van der Waals surface area contributed by atoms with E-state index < -0.39 is 0 Å². The SMILES string of the molecule is C1=CC2C=CC(c3ccc4c(c3)oc3cc(-c5ccc(Oc6cccc7ccccc67)c6ccccc56)ccc34)=CC2C=C1. The first-order valence-corrected chi connectivity index (χ1v) is 15.2. The van der Waals surface area contributed by atoms with E-state index in [-0.39, 0.29) is 0 Å². The standard InChI is InChI=1S/C42H28O2/c1-2-10-29-24-30(17-16-27(29)8-1)31-18-20-37-38-21-19-32(26-42(38)44-41(37)25-31)33-22-23-40(36-14-6-5-13-35(33)36)43-39-15-7-11-28-9-3-4-12-34(28)39/h1-27,29H. The molecule has 208 valence electrons. The molecule has 9 rings (SSSR count). The van der Waals surface area contributed by atoms with Crippen LogP contribution in [0.1, 0.15) is 5.56 Å². The summed E-state index contributed by atoms with van der Waals surface area (Å²) in [6, 6.07) is 40.4. The van der Waals surface area contributed by atoms with Gasteiger partial charge in [-0.15, -0.1) is 0 Å². The molecule has 0 spiro atoms. The predicted octanol–water partition coefficient (Wildman–Crippen LogP) is 11.7. The number of allylic oxidation sites excluding steroid dienone is 8. The molecular formula is C42H28O2. The summed E-state index contributed by atoms with van der Waals surface area (Å²) in [7, 11) is 0. The average molecular weight is 565 g/mol. The van der Waals surface area contributed by atoms with Gasteiger partial charge < -0.3 is 9.15 Å². The van der Waals surface area contributed by atoms with Gasteiger partial charge in [0.15, 0.2) is 0 Å². The lowest BCUT2D eigenvalue weighted by Crippen LogP contribution is -2.11. The van der Waals surface area contributed by atoms with Crippen molar-refractivity contribution in [3.05, 3.63) is 163 Å². The maximum absolute atomic E-state index is 6.56. The van der Waals surface area contributed by atoms with Crippen molar-refractivity contribution in [3.63, 3.8) is 0 Å². The minimum atomic E-state index is 0.410. The van der Waals surface area contributed by atoms with Gasteiger partial charge in [0.1, 0.15) is 22.7 Å². The number of benzene rings is 6. The van der Waals surface area contributed by atoms with Gasteiger partial charge in [0.25, 0.3) is 0 Å². The highest BCUT2D eigenvalue weighted by Gasteiger charge is 2.19. The van der Waals surface area contributed by atoms with E-state index in [1.165, 1.54) is 11.1 Å². The van der Waals surface area contributed by atoms with Crippen LogP contribution < -0.4 is 4.74 Å². The van der Waals surface area contributed by atoms with Crippen LogP contribution in [-0.2, 0) is 0 Å². The first kappa shape index (κ1) is 24.9. The van der Waals surface area contributed by atoms with Crippen molar-refractivity contribution in [3.8, 4) is 22.6 Å². The highest BCUT2D eigenvalue weighted by molar-refractivity contribution is 6.08. The predicted molar refractivity (Wildman–Crippen MR) is 183 cm³/mol. The second-order valence-corrected chi connectivity index (χ2v) is 11.7. The zero-order chi connectivity index (χ0) is 29.0. The highest BCUT2D eigenvalue weighted by atomic mass is 16.5. The summed E-state index contributed by atoms with van der Waals surface area (Å²) >= 11 is 0. The second-order valence-electron chi connectivity index (χ2n) is 11.7. The molecule has 0 aliphatic heterocycles. The van der Waals surface area contributed by atoms with Crippen LogP contribution in [0, 0.1) is 11.8 Å². The molecule has 44 heavy (non-hydrogen) atoms. The fourth-order valence-corrected chi connectivity index (χ4v) is 6.81. The number of hydrogen-bond acceptors (Lipinski definition) is 2. The third-order valence-corrected chi connectivity index (χ3v) is 9.06. The Hall–Kier alpha value is -5.60. The maximum Gasteiger partial charge on any atom is 0.136 e. The summed E-state index contributed by atoms with van der Waals surface area (Å²) < 4.78 is 13.1. The molecule has 2 aliphatic carbocycles. The van der Waals surface area contributed by atoms with E-state index in [4.69, 9.17) is 9.15 Å². The van der Waals surface area contributed by atoms with Gasteiger partial charge in [-0.3, -0.25) is 0 Å². The molecule has 2 atom stereocenters. The summed E-state index contributed by atoms with van der Waals surface area (Å²) in [6.45, 7) is 0. The smallest absolute Gasteiger partial charge is 0.136 e. The fraction of sp³-hybridized carbons (Fsp3) is 0.0476. The Morgan fingerprint density at radius 1 is 0.500 bits per heavy atom. The highest BCUT2D eigenvalue weighted by Crippen LogP contribution is 2.41. The van der Waals surface area contributed by atoms with Crippen LogP contribution in [0.4, 0.5) is 0 Å². The summed E-state index contributed by atoms with van der Waals surface area (Å²) in [4.78, 5) is 0. The van der Waals surface area contributed by atoms with Crippen LogP contribution >= 0.6 is 0 Å². The molecule has 7 aromatic rings. The summed E-state index contributed by atoms with van der Waals surface area (Å²) in [5.41, 5.74) is 6.49. The van der Waals surface area contributed by atoms with E-state index in [1.54, 1.807) is 0 Å². The summed E-state index contributed by atoms with van der Waals surface area (Å²) in [5.74, 6) is 2.56. The zero-order valence-electron chi connectivity index (χ0n) is 24.0. The molecule has 2 heteroatoms. The lowest BCUT2D eigenvalue weighted by molar-refractivity contribution is 0.494. The molecule has 2 unspecified atom stereocenters. The van der Waals surface area contributed by atoms with Crippen molar-refractivity contribution < 1.29 is 9.15 Å². The van der Waals surface area contributed by atoms with Crippen molar-refractivity contribution in [1.29, 1.82) is 0 Å². The lowest BCUT2D eigenvalue weighted by Gasteiger charge is -2.23. The van der Waals surface area contributed by atoms with Gasteiger partial charge >= 0.3 is 0 Å². The normalized spacial score (nSPS) is 17.4. The van der Waals surface area contributed by atoms with Gasteiger partial charge in [-0.1, -0.05) is 121 Å². The van der Waals surface area contributed by atoms with E-state index in [0.717, 1.165) is 66.1 Å². The van der Waals surface area contributed by atoms with Gasteiger partial charge in [0.2, 0.25) is 0 Å². The van der Waals surface area contributed by atoms with Gasteiger partial charge in [-0.05, 0) is 69.4 Å². The molecule has 0 saturated carbocycles. The maximum atomic E-state index is 6.56. The van der Waals surface area contributed by atoms with Crippen molar-refractivity contribution in [2.45, 2.75) is 0 Å². The van der Waals surface area contributed by atoms with E-state index in [0.29, 0.717) is 11.8 Å². The van der Waals surface area contributed by atoms with Crippen molar-refractivity contribution in [2.75, 3.05) is 0 Å². The molecular weight excluding hydrogens is 536 g/mol. The first-order valence-electron chi connectivity index (χ1n) is 15.2. The number of fused-ring (bicyclic) bond motifs is 6. The summed E-state index contributed by atoms with van der Waals surface area (Å²) in [5, 5.41) is 6.75. The molecule has 1 heterocycles. The quantitative estimate of drug-likeness (QED) is 0.212. The molecule has 6 aromatic carbocycles. The monoisotopic (exact) mass is 564 g/mol. The van der Waals surface area contributed by atoms with E-state index >= 15 is 0 Å². The van der Waals surface area contributed by atoms with Crippen molar-refractivity contribution in [1.82, 2.24) is 0 Å². The fourth-order valence-electron chi connectivity index (χ4n) is 6.81. The number of rotatable bonds is 4. The molecule has 0 radical (unpaired) electrons. The van der Waals surface area contributed by atoms with Crippen LogP contribution in [0.2, 0.25) is 0 Å². The molecule has 0 fully saturated rings. The summed E-state index contributed by atoms with van der Waals surface area (Å²) in [6.07, 6.45) is 15.7. The second kappa shape index (κ2) is 10.00. The molecule has 0 bridgehead atoms. The third kappa shape index (κ3) is 4.11. The number of furan rings is 1. The lowest BCUT2D eigenvalue weighted by atomic mass is 9.81. The van der Waals surface area contributed by atoms with E-state index in [2.05, 4.69) is 146 Å². The first-order chi connectivity index (χ1) is 21.8. The van der Waals surface area contributed by atoms with Crippen LogP contribution in [0.5, 0.6) is 11.5 Å². The molecule has 1 aromatic heterocycles. The Morgan fingerprint density at radius 3 is 2.05 bits per heavy atom. The van der Waals surface area contributed by atoms with Gasteiger partial charge in [-0.2, -0.15) is 0 Å². The van der Waals surface area contributed by atoms with Crippen LogP contribution in [0.15, 0.2) is 162 Å². The van der Waals surface area contributed by atoms with E-state index in [9.17, 15) is 0 Å². The minimum absolute atomic E-state index is 0.410. The zero-order valence-corrected chi connectivity index (χ0v) is 24.0. The Balaban J connectivity index is 1.10. The van der Waals surface area contributed by atoms with Crippen LogP contribution in [0.3, 0.4) is 0 Å². The number of hydrogen-bond donors (Lipinski definition) is 0. The Kier molecular flexibility index (Phi) is 5.67. The van der Waals surface area contributed by atoms with E-state index in [1.807, 2.05) is 12.1 Å². The third-order valence-electron chi connectivity index (χ3n) is 9.06. The molecule has 2 aliphatic rings. The topological polar surface area (TPSA) is 22.4 Å². The molecule has 0 saturated heterocycles. The number of ether oxygens (including phenoxy) is 1. The van der Waals surface area contributed by atoms with Crippen LogP contribution in [0.25, 0.3) is 60.2 Å². The molecule has 0 N–H and O–H groups in total. The van der Waals surface area contributed by atoms with Gasteiger partial charge in [0.05, 0.1) is 0 Å². The van der Waals surface area contributed by atoms with Crippen molar-refractivity contribution >= 4 is 49.1 Å². The Labute approximate surface area is 255 Å². The minimum Gasteiger partial charge on any atom is -0.456 e. The van der Waals surface area contributed by atoms with Crippen molar-refractivity contribution in [2.24, 2.45) is 11.8 Å². The molecule has 2 nitrogen and oxygen atoms in total. The largest absolute Gasteiger partial charge is 0.456 e. The van der Waals surface area contributed by atoms with Crippen LogP contribution in [-0.4, -0.2) is 0 Å².